The summed E-state index contributed by atoms with van der Waals surface area (Å²) in [5.41, 5.74) is 9.63. The van der Waals surface area contributed by atoms with Crippen LogP contribution in [0, 0.1) is 0 Å². The van der Waals surface area contributed by atoms with Crippen LogP contribution in [0.15, 0.2) is 18.2 Å². The fourth-order valence-corrected chi connectivity index (χ4v) is 1.32. The molecule has 0 saturated heterocycles. The van der Waals surface area contributed by atoms with Crippen molar-refractivity contribution in [3.05, 3.63) is 23.8 Å². The van der Waals surface area contributed by atoms with Gasteiger partial charge in [0.05, 0.1) is 18.1 Å². The Morgan fingerprint density at radius 2 is 2.40 bits per heavy atom. The maximum atomic E-state index is 11.4. The van der Waals surface area contributed by atoms with E-state index in [0.29, 0.717) is 11.5 Å². The number of nitrogens with zero attached hydrogens (tertiary/aromatic N) is 1. The summed E-state index contributed by atoms with van der Waals surface area (Å²) in [6, 6.07) is 5.02. The number of amides is 1. The fraction of sp³-hybridized carbons (Fsp3) is 0.111. The molecule has 2 aromatic rings. The van der Waals surface area contributed by atoms with Crippen LogP contribution in [0.4, 0.5) is 5.95 Å². The summed E-state index contributed by atoms with van der Waals surface area (Å²) < 4.78 is 0. The van der Waals surface area contributed by atoms with Crippen molar-refractivity contribution in [2.24, 2.45) is 0 Å². The minimum Gasteiger partial charge on any atom is -0.369 e. The van der Waals surface area contributed by atoms with Crippen molar-refractivity contribution in [3.63, 3.8) is 0 Å². The van der Waals surface area contributed by atoms with Crippen molar-refractivity contribution in [3.8, 4) is 0 Å². The molecule has 0 spiro atoms. The molecule has 0 aliphatic rings. The molecule has 1 heterocycles. The first-order valence-corrected chi connectivity index (χ1v) is 4.29. The number of hydrogen-bond donors (Lipinski definition) is 3. The largest absolute Gasteiger partial charge is 0.369 e. The van der Waals surface area contributed by atoms with E-state index >= 15 is 0 Å². The number of aromatic nitrogens is 2. The number of imidazole rings is 1. The highest BCUT2D eigenvalue weighted by Crippen LogP contribution is 2.14. The Morgan fingerprint density at radius 3 is 3.13 bits per heavy atom. The number of benzene rings is 1. The third-order valence-electron chi connectivity index (χ3n) is 1.96. The number of H-pyrrole nitrogens is 1. The molecule has 15 heavy (non-hydrogen) atoms. The van der Waals surface area contributed by atoms with Gasteiger partial charge in [0.2, 0.25) is 0 Å². The monoisotopic (exact) mass is 206 g/mol. The molecule has 2 rings (SSSR count). The van der Waals surface area contributed by atoms with Crippen molar-refractivity contribution in [2.45, 2.75) is 0 Å². The summed E-state index contributed by atoms with van der Waals surface area (Å²) in [6.07, 6.45) is 0. The Morgan fingerprint density at radius 1 is 1.60 bits per heavy atom. The van der Waals surface area contributed by atoms with Crippen LogP contribution in [0.3, 0.4) is 0 Å². The normalized spacial score (nSPS) is 10.5. The van der Waals surface area contributed by atoms with Crippen molar-refractivity contribution in [1.82, 2.24) is 15.4 Å². The lowest BCUT2D eigenvalue weighted by atomic mass is 10.2. The Balaban J connectivity index is 2.41. The molecule has 1 amide bonds. The summed E-state index contributed by atoms with van der Waals surface area (Å²) in [5, 5.41) is 0. The SMILES string of the molecule is CONC(=O)c1ccc2nc(N)[nH]c2c1. The Labute approximate surface area is 85.4 Å². The van der Waals surface area contributed by atoms with E-state index in [1.54, 1.807) is 18.2 Å². The number of fused-ring (bicyclic) bond motifs is 1. The van der Waals surface area contributed by atoms with Crippen LogP contribution in [0.1, 0.15) is 10.4 Å². The van der Waals surface area contributed by atoms with Gasteiger partial charge in [0.15, 0.2) is 5.95 Å². The first kappa shape index (κ1) is 9.47. The molecule has 1 aromatic heterocycles. The van der Waals surface area contributed by atoms with E-state index in [0.717, 1.165) is 11.0 Å². The number of carbonyl (C=O) groups is 1. The molecule has 1 aromatic carbocycles. The van der Waals surface area contributed by atoms with E-state index in [4.69, 9.17) is 5.73 Å². The number of anilines is 1. The van der Waals surface area contributed by atoms with Gasteiger partial charge in [0.25, 0.3) is 5.91 Å². The zero-order valence-corrected chi connectivity index (χ0v) is 8.07. The number of rotatable bonds is 2. The molecule has 78 valence electrons. The molecule has 0 aliphatic heterocycles. The summed E-state index contributed by atoms with van der Waals surface area (Å²) in [6.45, 7) is 0. The van der Waals surface area contributed by atoms with Gasteiger partial charge in [-0.25, -0.2) is 10.5 Å². The highest BCUT2D eigenvalue weighted by atomic mass is 16.6. The van der Waals surface area contributed by atoms with Crippen LogP contribution in [-0.4, -0.2) is 23.0 Å². The molecule has 0 bridgehead atoms. The summed E-state index contributed by atoms with van der Waals surface area (Å²) in [7, 11) is 1.38. The number of hydrogen-bond acceptors (Lipinski definition) is 4. The molecular formula is C9H10N4O2. The molecule has 0 atom stereocenters. The van der Waals surface area contributed by atoms with Crippen molar-refractivity contribution in [1.29, 1.82) is 0 Å². The Bertz CT molecular complexity index is 506. The summed E-state index contributed by atoms with van der Waals surface area (Å²) in [4.78, 5) is 22.8. The molecule has 6 nitrogen and oxygen atoms in total. The second kappa shape index (κ2) is 3.58. The predicted molar refractivity (Wildman–Crippen MR) is 55.0 cm³/mol. The van der Waals surface area contributed by atoms with Gasteiger partial charge >= 0.3 is 0 Å². The van der Waals surface area contributed by atoms with Crippen molar-refractivity contribution in [2.75, 3.05) is 12.8 Å². The standard InChI is InChI=1S/C9H10N4O2/c1-15-13-8(14)5-2-3-6-7(4-5)12-9(10)11-6/h2-4H,1H3,(H,13,14)(H3,10,11,12). The summed E-state index contributed by atoms with van der Waals surface area (Å²) >= 11 is 0. The first-order valence-electron chi connectivity index (χ1n) is 4.29. The number of carbonyl (C=O) groups excluding carboxylic acids is 1. The minimum atomic E-state index is -0.312. The molecule has 4 N–H and O–H groups in total. The first-order chi connectivity index (χ1) is 7.20. The molecular weight excluding hydrogens is 196 g/mol. The molecule has 0 radical (unpaired) electrons. The van der Waals surface area contributed by atoms with Crippen molar-refractivity contribution < 1.29 is 9.63 Å². The lowest BCUT2D eigenvalue weighted by molar-refractivity contribution is 0.0538. The summed E-state index contributed by atoms with van der Waals surface area (Å²) in [5.74, 6) is 0.0156. The van der Waals surface area contributed by atoms with Crippen LogP contribution < -0.4 is 11.2 Å². The molecule has 6 heteroatoms. The highest BCUT2D eigenvalue weighted by Gasteiger charge is 2.07. The van der Waals surface area contributed by atoms with E-state index in [1.165, 1.54) is 7.11 Å². The van der Waals surface area contributed by atoms with E-state index in [1.807, 2.05) is 0 Å². The van der Waals surface area contributed by atoms with Crippen LogP contribution >= 0.6 is 0 Å². The second-order valence-electron chi connectivity index (χ2n) is 2.99. The van der Waals surface area contributed by atoms with E-state index in [9.17, 15) is 4.79 Å². The van der Waals surface area contributed by atoms with Gasteiger partial charge in [-0.05, 0) is 18.2 Å². The fourth-order valence-electron chi connectivity index (χ4n) is 1.32. The average Bonchev–Trinajstić information content (AvgIpc) is 2.57. The van der Waals surface area contributed by atoms with Gasteiger partial charge in [-0.3, -0.25) is 9.63 Å². The van der Waals surface area contributed by atoms with Gasteiger partial charge in [-0.2, -0.15) is 0 Å². The molecule has 0 fully saturated rings. The maximum Gasteiger partial charge on any atom is 0.274 e. The number of hydroxylamine groups is 1. The minimum absolute atomic E-state index is 0.312. The van der Waals surface area contributed by atoms with Gasteiger partial charge in [-0.1, -0.05) is 0 Å². The second-order valence-corrected chi connectivity index (χ2v) is 2.99. The quantitative estimate of drug-likeness (QED) is 0.621. The zero-order valence-electron chi connectivity index (χ0n) is 8.07. The van der Waals surface area contributed by atoms with Crippen LogP contribution in [-0.2, 0) is 4.84 Å². The van der Waals surface area contributed by atoms with Gasteiger partial charge in [0.1, 0.15) is 0 Å². The van der Waals surface area contributed by atoms with Crippen LogP contribution in [0.25, 0.3) is 11.0 Å². The van der Waals surface area contributed by atoms with Crippen LogP contribution in [0.5, 0.6) is 0 Å². The molecule has 0 aliphatic carbocycles. The average molecular weight is 206 g/mol. The van der Waals surface area contributed by atoms with Crippen LogP contribution in [0.2, 0.25) is 0 Å². The molecule has 0 saturated carbocycles. The topological polar surface area (TPSA) is 93.0 Å². The van der Waals surface area contributed by atoms with Crippen molar-refractivity contribution >= 4 is 22.9 Å². The number of aromatic amines is 1. The Kier molecular flexibility index (Phi) is 2.26. The number of nitrogen functional groups attached to an aromatic ring is 1. The van der Waals surface area contributed by atoms with Gasteiger partial charge in [0, 0.05) is 5.56 Å². The third kappa shape index (κ3) is 1.75. The highest BCUT2D eigenvalue weighted by molar-refractivity contribution is 5.96. The zero-order chi connectivity index (χ0) is 10.8. The predicted octanol–water partition coefficient (Wildman–Crippen LogP) is 0.436. The molecule has 0 unspecified atom stereocenters. The van der Waals surface area contributed by atoms with Gasteiger partial charge in [-0.15, -0.1) is 0 Å². The Hall–Kier alpha value is -2.08. The maximum absolute atomic E-state index is 11.4. The van der Waals surface area contributed by atoms with E-state index < -0.39 is 0 Å². The van der Waals surface area contributed by atoms with E-state index in [2.05, 4.69) is 20.3 Å². The van der Waals surface area contributed by atoms with Gasteiger partial charge < -0.3 is 10.7 Å². The lowest BCUT2D eigenvalue weighted by Crippen LogP contribution is -2.21. The smallest absolute Gasteiger partial charge is 0.274 e. The van der Waals surface area contributed by atoms with E-state index in [-0.39, 0.29) is 5.91 Å². The third-order valence-corrected chi connectivity index (χ3v) is 1.96. The number of nitrogens with one attached hydrogen (secondary N) is 2. The lowest BCUT2D eigenvalue weighted by Gasteiger charge is -2.00. The number of nitrogens with two attached hydrogens (primary N) is 1.